The van der Waals surface area contributed by atoms with Gasteiger partial charge in [-0.15, -0.1) is 0 Å². The molecule has 1 aliphatic heterocycles. The Hall–Kier alpha value is -1.62. The van der Waals surface area contributed by atoms with E-state index in [9.17, 15) is 18.5 Å². The first-order valence-electron chi connectivity index (χ1n) is 5.91. The molecule has 1 fully saturated rings. The summed E-state index contributed by atoms with van der Waals surface area (Å²) in [5, 5.41) is 13.5. The second-order valence-electron chi connectivity index (χ2n) is 4.16. The van der Waals surface area contributed by atoms with Gasteiger partial charge in [0.1, 0.15) is 4.90 Å². The SMILES string of the molecule is O=[N+]([O-])c1ccc(S(=O)(=O)NCC2CNCCO2)cn1. The molecule has 1 saturated heterocycles. The van der Waals surface area contributed by atoms with E-state index < -0.39 is 20.8 Å². The third-order valence-corrected chi connectivity index (χ3v) is 4.13. The minimum absolute atomic E-state index is 0.119. The van der Waals surface area contributed by atoms with Crippen LogP contribution in [0, 0.1) is 10.1 Å². The first kappa shape index (κ1) is 14.8. The Morgan fingerprint density at radius 2 is 2.35 bits per heavy atom. The Kier molecular flexibility index (Phi) is 4.60. The zero-order valence-corrected chi connectivity index (χ0v) is 11.3. The minimum Gasteiger partial charge on any atom is -0.374 e. The van der Waals surface area contributed by atoms with Gasteiger partial charge < -0.3 is 20.2 Å². The first-order chi connectivity index (χ1) is 9.49. The molecule has 0 aromatic carbocycles. The molecule has 10 heteroatoms. The van der Waals surface area contributed by atoms with Crippen LogP contribution >= 0.6 is 0 Å². The van der Waals surface area contributed by atoms with Crippen molar-refractivity contribution in [2.24, 2.45) is 0 Å². The molecule has 2 N–H and O–H groups in total. The van der Waals surface area contributed by atoms with Crippen LogP contribution in [0.3, 0.4) is 0 Å². The summed E-state index contributed by atoms with van der Waals surface area (Å²) in [5.41, 5.74) is 0. The molecule has 0 saturated carbocycles. The maximum atomic E-state index is 12.0. The van der Waals surface area contributed by atoms with Gasteiger partial charge in [0, 0.05) is 25.7 Å². The fourth-order valence-corrected chi connectivity index (χ4v) is 2.69. The highest BCUT2D eigenvalue weighted by molar-refractivity contribution is 7.89. The van der Waals surface area contributed by atoms with E-state index in [1.165, 1.54) is 0 Å². The second-order valence-corrected chi connectivity index (χ2v) is 5.92. The molecule has 1 unspecified atom stereocenters. The van der Waals surface area contributed by atoms with Crippen molar-refractivity contribution in [2.45, 2.75) is 11.0 Å². The van der Waals surface area contributed by atoms with Gasteiger partial charge in [-0.05, 0) is 16.0 Å². The lowest BCUT2D eigenvalue weighted by atomic mass is 10.3. The zero-order valence-electron chi connectivity index (χ0n) is 10.5. The maximum absolute atomic E-state index is 12.0. The predicted molar refractivity (Wildman–Crippen MR) is 68.7 cm³/mol. The van der Waals surface area contributed by atoms with Crippen molar-refractivity contribution in [3.8, 4) is 0 Å². The van der Waals surface area contributed by atoms with Crippen molar-refractivity contribution in [3.05, 3.63) is 28.4 Å². The lowest BCUT2D eigenvalue weighted by molar-refractivity contribution is -0.389. The molecule has 2 heterocycles. The lowest BCUT2D eigenvalue weighted by Gasteiger charge is -2.23. The third-order valence-electron chi connectivity index (χ3n) is 2.72. The number of pyridine rings is 1. The minimum atomic E-state index is -3.74. The number of hydrogen-bond donors (Lipinski definition) is 2. The topological polar surface area (TPSA) is 123 Å². The van der Waals surface area contributed by atoms with E-state index >= 15 is 0 Å². The van der Waals surface area contributed by atoms with E-state index in [1.807, 2.05) is 0 Å². The number of ether oxygens (including phenoxy) is 1. The van der Waals surface area contributed by atoms with Crippen molar-refractivity contribution in [2.75, 3.05) is 26.2 Å². The van der Waals surface area contributed by atoms with Crippen LogP contribution in [-0.4, -0.2) is 50.7 Å². The Morgan fingerprint density at radius 3 is 2.90 bits per heavy atom. The molecule has 110 valence electrons. The number of hydrogen-bond acceptors (Lipinski definition) is 7. The Balaban J connectivity index is 2.00. The van der Waals surface area contributed by atoms with Crippen molar-refractivity contribution >= 4 is 15.8 Å². The van der Waals surface area contributed by atoms with E-state index in [4.69, 9.17) is 4.74 Å². The van der Waals surface area contributed by atoms with Gasteiger partial charge >= 0.3 is 5.82 Å². The summed E-state index contributed by atoms with van der Waals surface area (Å²) >= 11 is 0. The number of nitrogens with one attached hydrogen (secondary N) is 2. The Labute approximate surface area is 115 Å². The first-order valence-corrected chi connectivity index (χ1v) is 7.40. The summed E-state index contributed by atoms with van der Waals surface area (Å²) < 4.78 is 31.7. The molecule has 0 spiro atoms. The Bertz CT molecular complexity index is 568. The molecule has 9 nitrogen and oxygen atoms in total. The van der Waals surface area contributed by atoms with Crippen LogP contribution in [0.15, 0.2) is 23.2 Å². The van der Waals surface area contributed by atoms with Crippen LogP contribution in [0.5, 0.6) is 0 Å². The van der Waals surface area contributed by atoms with E-state index in [-0.39, 0.29) is 17.5 Å². The summed E-state index contributed by atoms with van der Waals surface area (Å²) in [5.74, 6) is -0.399. The smallest absolute Gasteiger partial charge is 0.363 e. The van der Waals surface area contributed by atoms with E-state index in [0.29, 0.717) is 13.2 Å². The third kappa shape index (κ3) is 3.70. The number of aromatic nitrogens is 1. The summed E-state index contributed by atoms with van der Waals surface area (Å²) in [4.78, 5) is 13.1. The van der Waals surface area contributed by atoms with E-state index in [0.717, 1.165) is 24.9 Å². The van der Waals surface area contributed by atoms with Crippen LogP contribution in [0.1, 0.15) is 0 Å². The van der Waals surface area contributed by atoms with Crippen LogP contribution in [0.2, 0.25) is 0 Å². The number of sulfonamides is 1. The molecular weight excluding hydrogens is 288 g/mol. The van der Waals surface area contributed by atoms with Gasteiger partial charge in [0.25, 0.3) is 0 Å². The number of nitrogens with zero attached hydrogens (tertiary/aromatic N) is 2. The van der Waals surface area contributed by atoms with Gasteiger partial charge in [0.2, 0.25) is 10.0 Å². The standard InChI is InChI=1S/C10H14N4O5S/c15-14(16)10-2-1-9(7-12-10)20(17,18)13-6-8-5-11-3-4-19-8/h1-2,7-8,11,13H,3-6H2. The molecule has 2 rings (SSSR count). The highest BCUT2D eigenvalue weighted by Gasteiger charge is 2.21. The van der Waals surface area contributed by atoms with Gasteiger partial charge in [0.15, 0.2) is 6.20 Å². The van der Waals surface area contributed by atoms with Crippen molar-refractivity contribution in [1.29, 1.82) is 0 Å². The van der Waals surface area contributed by atoms with Crippen LogP contribution in [0.4, 0.5) is 5.82 Å². The van der Waals surface area contributed by atoms with E-state index in [1.54, 1.807) is 0 Å². The average Bonchev–Trinajstić information content (AvgIpc) is 2.46. The van der Waals surface area contributed by atoms with Gasteiger partial charge in [-0.25, -0.2) is 13.1 Å². The Morgan fingerprint density at radius 1 is 1.55 bits per heavy atom. The lowest BCUT2D eigenvalue weighted by Crippen LogP contribution is -2.45. The van der Waals surface area contributed by atoms with Crippen molar-refractivity contribution in [3.63, 3.8) is 0 Å². The molecule has 0 radical (unpaired) electrons. The van der Waals surface area contributed by atoms with Crippen molar-refractivity contribution < 1.29 is 18.1 Å². The number of rotatable bonds is 5. The molecule has 0 amide bonds. The summed E-state index contributed by atoms with van der Waals surface area (Å²) in [7, 11) is -3.74. The molecule has 0 aliphatic carbocycles. The summed E-state index contributed by atoms with van der Waals surface area (Å²) in [6.45, 7) is 1.98. The van der Waals surface area contributed by atoms with Crippen LogP contribution in [-0.2, 0) is 14.8 Å². The summed E-state index contributed by atoms with van der Waals surface area (Å²) in [6.07, 6.45) is 0.727. The van der Waals surface area contributed by atoms with Gasteiger partial charge in [-0.2, -0.15) is 0 Å². The monoisotopic (exact) mass is 302 g/mol. The molecule has 1 atom stereocenters. The highest BCUT2D eigenvalue weighted by atomic mass is 32.2. The molecule has 1 aliphatic rings. The van der Waals surface area contributed by atoms with E-state index in [2.05, 4.69) is 15.0 Å². The van der Waals surface area contributed by atoms with Gasteiger partial charge in [-0.3, -0.25) is 0 Å². The largest absolute Gasteiger partial charge is 0.374 e. The molecule has 0 bridgehead atoms. The van der Waals surface area contributed by atoms with Gasteiger partial charge in [-0.1, -0.05) is 0 Å². The maximum Gasteiger partial charge on any atom is 0.363 e. The quantitative estimate of drug-likeness (QED) is 0.542. The van der Waals surface area contributed by atoms with Crippen LogP contribution < -0.4 is 10.0 Å². The molecular formula is C10H14N4O5S. The molecule has 1 aromatic heterocycles. The predicted octanol–water partition coefficient (Wildman–Crippen LogP) is -0.743. The number of nitro groups is 1. The normalized spacial score (nSPS) is 19.7. The highest BCUT2D eigenvalue weighted by Crippen LogP contribution is 2.12. The van der Waals surface area contributed by atoms with Crippen LogP contribution in [0.25, 0.3) is 0 Å². The summed E-state index contributed by atoms with van der Waals surface area (Å²) in [6, 6.07) is 2.20. The average molecular weight is 302 g/mol. The zero-order chi connectivity index (χ0) is 14.6. The van der Waals surface area contributed by atoms with Gasteiger partial charge in [0.05, 0.1) is 12.7 Å². The van der Waals surface area contributed by atoms with Crippen molar-refractivity contribution in [1.82, 2.24) is 15.0 Å². The fourth-order valence-electron chi connectivity index (χ4n) is 1.68. The molecule has 1 aromatic rings. The fraction of sp³-hybridized carbons (Fsp3) is 0.500. The number of morpholine rings is 1. The molecule has 20 heavy (non-hydrogen) atoms. The second kappa shape index (κ2) is 6.22.